The smallest absolute Gasteiger partial charge is 0.151 e. The minimum absolute atomic E-state index is 0.339. The summed E-state index contributed by atoms with van der Waals surface area (Å²) in [6.45, 7) is 7.26. The maximum absolute atomic E-state index is 5.58. The summed E-state index contributed by atoms with van der Waals surface area (Å²) in [6.07, 6.45) is 0. The van der Waals surface area contributed by atoms with Crippen molar-refractivity contribution in [3.63, 3.8) is 0 Å². The summed E-state index contributed by atoms with van der Waals surface area (Å²) < 4.78 is 0. The molecule has 0 saturated carbocycles. The molecule has 0 fully saturated rings. The second-order valence-corrected chi connectivity index (χ2v) is 2.65. The topological polar surface area (TPSA) is 77.8 Å². The Kier molecular flexibility index (Phi) is 1.99. The lowest BCUT2D eigenvalue weighted by Crippen LogP contribution is -2.07. The first kappa shape index (κ1) is 8.52. The van der Waals surface area contributed by atoms with Gasteiger partial charge in [0, 0.05) is 0 Å². The van der Waals surface area contributed by atoms with E-state index in [2.05, 4.69) is 16.5 Å². The van der Waals surface area contributed by atoms with E-state index in [-0.39, 0.29) is 0 Å². The van der Waals surface area contributed by atoms with Gasteiger partial charge in [-0.1, -0.05) is 6.58 Å². The fourth-order valence-corrected chi connectivity index (χ4v) is 0.857. The number of nitrogen functional groups attached to an aromatic ring is 1. The van der Waals surface area contributed by atoms with Gasteiger partial charge in [0.05, 0.1) is 17.1 Å². The van der Waals surface area contributed by atoms with Gasteiger partial charge in [-0.3, -0.25) is 0 Å². The lowest BCUT2D eigenvalue weighted by atomic mass is 10.3. The zero-order valence-electron chi connectivity index (χ0n) is 7.26. The SMILES string of the molecule is C=C(N)c1nc(C)c(C)nc1N. The Morgan fingerprint density at radius 1 is 1.25 bits per heavy atom. The minimum Gasteiger partial charge on any atom is -0.397 e. The van der Waals surface area contributed by atoms with Crippen LogP contribution in [0.2, 0.25) is 0 Å². The van der Waals surface area contributed by atoms with Crippen LogP contribution in [0, 0.1) is 13.8 Å². The van der Waals surface area contributed by atoms with Gasteiger partial charge in [0.15, 0.2) is 5.82 Å². The maximum atomic E-state index is 5.58. The van der Waals surface area contributed by atoms with E-state index in [1.807, 2.05) is 13.8 Å². The average molecular weight is 164 g/mol. The summed E-state index contributed by atoms with van der Waals surface area (Å²) in [4.78, 5) is 8.23. The molecule has 4 heteroatoms. The highest BCUT2D eigenvalue weighted by Crippen LogP contribution is 2.13. The number of rotatable bonds is 1. The van der Waals surface area contributed by atoms with Crippen molar-refractivity contribution in [2.75, 3.05) is 5.73 Å². The van der Waals surface area contributed by atoms with Gasteiger partial charge < -0.3 is 11.5 Å². The lowest BCUT2D eigenvalue weighted by Gasteiger charge is -2.05. The summed E-state index contributed by atoms with van der Waals surface area (Å²) >= 11 is 0. The van der Waals surface area contributed by atoms with E-state index in [0.717, 1.165) is 11.4 Å². The first-order valence-corrected chi connectivity index (χ1v) is 3.58. The molecule has 4 nitrogen and oxygen atoms in total. The monoisotopic (exact) mass is 164 g/mol. The van der Waals surface area contributed by atoms with Crippen LogP contribution in [0.4, 0.5) is 5.82 Å². The molecule has 0 amide bonds. The van der Waals surface area contributed by atoms with E-state index in [0.29, 0.717) is 17.2 Å². The molecular weight excluding hydrogens is 152 g/mol. The number of nitrogens with zero attached hydrogens (tertiary/aromatic N) is 2. The van der Waals surface area contributed by atoms with Crippen molar-refractivity contribution in [2.24, 2.45) is 5.73 Å². The van der Waals surface area contributed by atoms with Crippen LogP contribution in [-0.4, -0.2) is 9.97 Å². The standard InChI is InChI=1S/C8H12N4/c1-4(9)7-8(10)12-6(3)5(2)11-7/h1,9H2,2-3H3,(H2,10,12). The quantitative estimate of drug-likeness (QED) is 0.637. The molecule has 1 aromatic rings. The van der Waals surface area contributed by atoms with Crippen LogP contribution < -0.4 is 11.5 Å². The Hall–Kier alpha value is -1.58. The van der Waals surface area contributed by atoms with Gasteiger partial charge >= 0.3 is 0 Å². The third-order valence-electron chi connectivity index (χ3n) is 1.64. The maximum Gasteiger partial charge on any atom is 0.151 e. The fraction of sp³-hybridized carbons (Fsp3) is 0.250. The average Bonchev–Trinajstić information content (AvgIpc) is 1.96. The molecule has 0 spiro atoms. The molecule has 0 aliphatic heterocycles. The zero-order chi connectivity index (χ0) is 9.30. The molecule has 64 valence electrons. The fourth-order valence-electron chi connectivity index (χ4n) is 0.857. The third-order valence-corrected chi connectivity index (χ3v) is 1.64. The Balaban J connectivity index is 3.33. The number of hydrogen-bond acceptors (Lipinski definition) is 4. The third kappa shape index (κ3) is 1.37. The Bertz CT molecular complexity index is 330. The normalized spacial score (nSPS) is 9.83. The zero-order valence-corrected chi connectivity index (χ0v) is 7.26. The van der Waals surface area contributed by atoms with Crippen molar-refractivity contribution < 1.29 is 0 Å². The Morgan fingerprint density at radius 2 is 1.75 bits per heavy atom. The highest BCUT2D eigenvalue weighted by atomic mass is 14.9. The van der Waals surface area contributed by atoms with Crippen molar-refractivity contribution in [3.05, 3.63) is 23.7 Å². The second-order valence-electron chi connectivity index (χ2n) is 2.65. The number of aryl methyl sites for hydroxylation is 2. The van der Waals surface area contributed by atoms with Crippen molar-refractivity contribution in [1.29, 1.82) is 0 Å². The molecule has 1 heterocycles. The Morgan fingerprint density at radius 3 is 2.25 bits per heavy atom. The van der Waals surface area contributed by atoms with Crippen LogP contribution in [0.3, 0.4) is 0 Å². The van der Waals surface area contributed by atoms with Crippen molar-refractivity contribution in [2.45, 2.75) is 13.8 Å². The van der Waals surface area contributed by atoms with Crippen LogP contribution in [0.5, 0.6) is 0 Å². The van der Waals surface area contributed by atoms with Crippen molar-refractivity contribution in [1.82, 2.24) is 9.97 Å². The largest absolute Gasteiger partial charge is 0.397 e. The van der Waals surface area contributed by atoms with Crippen LogP contribution in [0.1, 0.15) is 17.1 Å². The first-order chi connectivity index (χ1) is 5.52. The molecule has 0 atom stereocenters. The number of nitrogens with two attached hydrogens (primary N) is 2. The van der Waals surface area contributed by atoms with E-state index in [1.54, 1.807) is 0 Å². The van der Waals surface area contributed by atoms with Crippen LogP contribution >= 0.6 is 0 Å². The van der Waals surface area contributed by atoms with Gasteiger partial charge in [-0.25, -0.2) is 9.97 Å². The number of aromatic nitrogens is 2. The van der Waals surface area contributed by atoms with Gasteiger partial charge in [0.25, 0.3) is 0 Å². The van der Waals surface area contributed by atoms with Crippen LogP contribution in [-0.2, 0) is 0 Å². The highest BCUT2D eigenvalue weighted by molar-refractivity contribution is 5.65. The van der Waals surface area contributed by atoms with Crippen LogP contribution in [0.15, 0.2) is 6.58 Å². The molecule has 1 aromatic heterocycles. The molecule has 0 aromatic carbocycles. The molecule has 0 saturated heterocycles. The van der Waals surface area contributed by atoms with Gasteiger partial charge in [-0.05, 0) is 13.8 Å². The lowest BCUT2D eigenvalue weighted by molar-refractivity contribution is 1.04. The predicted molar refractivity (Wildman–Crippen MR) is 49.1 cm³/mol. The molecule has 0 aliphatic carbocycles. The predicted octanol–water partition coefficient (Wildman–Crippen LogP) is 0.605. The summed E-state index contributed by atoms with van der Waals surface area (Å²) in [6, 6.07) is 0. The molecule has 0 bridgehead atoms. The van der Waals surface area contributed by atoms with Crippen LogP contribution in [0.25, 0.3) is 5.70 Å². The summed E-state index contributed by atoms with van der Waals surface area (Å²) in [7, 11) is 0. The van der Waals surface area contributed by atoms with Gasteiger partial charge in [-0.2, -0.15) is 0 Å². The van der Waals surface area contributed by atoms with Gasteiger partial charge in [-0.15, -0.1) is 0 Å². The molecule has 0 radical (unpaired) electrons. The molecule has 4 N–H and O–H groups in total. The molecule has 1 rings (SSSR count). The molecular formula is C8H12N4. The minimum atomic E-state index is 0.339. The molecule has 0 unspecified atom stereocenters. The summed E-state index contributed by atoms with van der Waals surface area (Å²) in [5.41, 5.74) is 13.5. The Labute approximate surface area is 71.3 Å². The highest BCUT2D eigenvalue weighted by Gasteiger charge is 2.06. The molecule has 0 aliphatic rings. The number of hydrogen-bond donors (Lipinski definition) is 2. The van der Waals surface area contributed by atoms with E-state index in [1.165, 1.54) is 0 Å². The van der Waals surface area contributed by atoms with Crippen molar-refractivity contribution >= 4 is 11.5 Å². The van der Waals surface area contributed by atoms with Gasteiger partial charge in [0.1, 0.15) is 5.69 Å². The first-order valence-electron chi connectivity index (χ1n) is 3.58. The van der Waals surface area contributed by atoms with E-state index in [4.69, 9.17) is 11.5 Å². The van der Waals surface area contributed by atoms with E-state index >= 15 is 0 Å². The van der Waals surface area contributed by atoms with E-state index < -0.39 is 0 Å². The second kappa shape index (κ2) is 2.81. The summed E-state index contributed by atoms with van der Waals surface area (Å²) in [5.74, 6) is 0.339. The summed E-state index contributed by atoms with van der Waals surface area (Å²) in [5, 5.41) is 0. The molecule has 12 heavy (non-hydrogen) atoms. The van der Waals surface area contributed by atoms with E-state index in [9.17, 15) is 0 Å². The van der Waals surface area contributed by atoms with Gasteiger partial charge in [0.2, 0.25) is 0 Å². The van der Waals surface area contributed by atoms with Crippen molar-refractivity contribution in [3.8, 4) is 0 Å². The number of anilines is 1.